The summed E-state index contributed by atoms with van der Waals surface area (Å²) >= 11 is 6.06. The molecular weight excluding hydrogens is 270 g/mol. The molecule has 0 bridgehead atoms. The molecule has 1 aromatic carbocycles. The first-order chi connectivity index (χ1) is 9.78. The van der Waals surface area contributed by atoms with Gasteiger partial charge >= 0.3 is 0 Å². The van der Waals surface area contributed by atoms with E-state index in [2.05, 4.69) is 22.9 Å². The van der Waals surface area contributed by atoms with Gasteiger partial charge in [-0.1, -0.05) is 18.0 Å². The zero-order valence-corrected chi connectivity index (χ0v) is 12.8. The number of hydrogen-bond acceptors (Lipinski definition) is 2. The molecule has 4 heteroatoms. The lowest BCUT2D eigenvalue weighted by Crippen LogP contribution is -2.34. The Kier molecular flexibility index (Phi) is 4.27. The predicted molar refractivity (Wildman–Crippen MR) is 84.4 cm³/mol. The first kappa shape index (κ1) is 13.9. The van der Waals surface area contributed by atoms with Gasteiger partial charge in [-0.15, -0.1) is 0 Å². The summed E-state index contributed by atoms with van der Waals surface area (Å²) in [5, 5.41) is 4.37. The van der Waals surface area contributed by atoms with Crippen LogP contribution in [0.15, 0.2) is 18.2 Å². The summed E-state index contributed by atoms with van der Waals surface area (Å²) in [5.74, 6) is 1.19. The fourth-order valence-electron chi connectivity index (χ4n) is 3.17. The summed E-state index contributed by atoms with van der Waals surface area (Å²) in [6.45, 7) is 4.31. The van der Waals surface area contributed by atoms with E-state index in [0.29, 0.717) is 6.04 Å². The highest BCUT2D eigenvalue weighted by Gasteiger charge is 2.15. The van der Waals surface area contributed by atoms with E-state index in [1.165, 1.54) is 43.6 Å². The monoisotopic (exact) mass is 291 g/mol. The normalized spacial score (nSPS) is 19.6. The van der Waals surface area contributed by atoms with Crippen LogP contribution < -0.4 is 5.32 Å². The summed E-state index contributed by atoms with van der Waals surface area (Å²) in [6.07, 6.45) is 6.20. The predicted octanol–water partition coefficient (Wildman–Crippen LogP) is 3.78. The van der Waals surface area contributed by atoms with Gasteiger partial charge in [-0.25, -0.2) is 4.98 Å². The molecule has 2 heterocycles. The Labute approximate surface area is 125 Å². The Bertz CT molecular complexity index is 585. The number of aryl methyl sites for hydroxylation is 2. The molecule has 0 amide bonds. The van der Waals surface area contributed by atoms with E-state index in [-0.39, 0.29) is 0 Å². The van der Waals surface area contributed by atoms with Gasteiger partial charge in [-0.05, 0) is 50.9 Å². The average Bonchev–Trinajstić information content (AvgIpc) is 2.82. The molecule has 20 heavy (non-hydrogen) atoms. The molecule has 3 rings (SSSR count). The van der Waals surface area contributed by atoms with Crippen LogP contribution in [0.3, 0.4) is 0 Å². The molecule has 1 aliphatic rings. The molecule has 1 atom stereocenters. The second kappa shape index (κ2) is 6.15. The Morgan fingerprint density at radius 1 is 1.40 bits per heavy atom. The quantitative estimate of drug-likeness (QED) is 0.929. The van der Waals surface area contributed by atoms with Crippen molar-refractivity contribution in [1.82, 2.24) is 14.9 Å². The molecule has 1 aliphatic heterocycles. The van der Waals surface area contributed by atoms with Gasteiger partial charge < -0.3 is 9.88 Å². The number of piperidine rings is 1. The summed E-state index contributed by atoms with van der Waals surface area (Å²) < 4.78 is 2.31. The number of rotatable bonds is 4. The van der Waals surface area contributed by atoms with Crippen LogP contribution in [-0.4, -0.2) is 22.1 Å². The summed E-state index contributed by atoms with van der Waals surface area (Å²) in [5.41, 5.74) is 2.22. The second-order valence-electron chi connectivity index (χ2n) is 5.59. The van der Waals surface area contributed by atoms with Gasteiger partial charge in [0.15, 0.2) is 0 Å². The van der Waals surface area contributed by atoms with Crippen LogP contribution >= 0.6 is 11.6 Å². The standard InChI is InChI=1S/C16H22ClN3/c1-2-20-15-8-6-12(17)11-14(15)19-16(20)9-7-13-5-3-4-10-18-13/h6,8,11,13,18H,2-5,7,9-10H2,1H3. The molecule has 1 N–H and O–H groups in total. The number of nitrogens with one attached hydrogen (secondary N) is 1. The molecule has 0 radical (unpaired) electrons. The maximum atomic E-state index is 6.06. The van der Waals surface area contributed by atoms with Crippen molar-refractivity contribution in [3.8, 4) is 0 Å². The minimum Gasteiger partial charge on any atom is -0.328 e. The highest BCUT2D eigenvalue weighted by Crippen LogP contribution is 2.22. The molecule has 1 unspecified atom stereocenters. The molecular formula is C16H22ClN3. The first-order valence-electron chi connectivity index (χ1n) is 7.66. The number of halogens is 1. The Hall–Kier alpha value is -1.06. The third-order valence-corrected chi connectivity index (χ3v) is 4.47. The van der Waals surface area contributed by atoms with E-state index in [9.17, 15) is 0 Å². The van der Waals surface area contributed by atoms with Gasteiger partial charge in [0.25, 0.3) is 0 Å². The summed E-state index contributed by atoms with van der Waals surface area (Å²) in [7, 11) is 0. The van der Waals surface area contributed by atoms with Gasteiger partial charge in [0, 0.05) is 24.0 Å². The zero-order chi connectivity index (χ0) is 13.9. The van der Waals surface area contributed by atoms with Crippen molar-refractivity contribution < 1.29 is 0 Å². The SMILES string of the molecule is CCn1c(CCC2CCCCN2)nc2cc(Cl)ccc21. The fourth-order valence-corrected chi connectivity index (χ4v) is 3.34. The number of aromatic nitrogens is 2. The third-order valence-electron chi connectivity index (χ3n) is 4.23. The van der Waals surface area contributed by atoms with Gasteiger partial charge in [0.2, 0.25) is 0 Å². The van der Waals surface area contributed by atoms with E-state index in [1.807, 2.05) is 12.1 Å². The maximum Gasteiger partial charge on any atom is 0.109 e. The van der Waals surface area contributed by atoms with Crippen molar-refractivity contribution >= 4 is 22.6 Å². The Morgan fingerprint density at radius 2 is 2.30 bits per heavy atom. The highest BCUT2D eigenvalue weighted by atomic mass is 35.5. The molecule has 1 fully saturated rings. The van der Waals surface area contributed by atoms with E-state index in [4.69, 9.17) is 16.6 Å². The second-order valence-corrected chi connectivity index (χ2v) is 6.03. The lowest BCUT2D eigenvalue weighted by molar-refractivity contribution is 0.379. The van der Waals surface area contributed by atoms with Gasteiger partial charge in [-0.2, -0.15) is 0 Å². The van der Waals surface area contributed by atoms with Crippen molar-refractivity contribution in [3.05, 3.63) is 29.0 Å². The number of imidazole rings is 1. The van der Waals surface area contributed by atoms with Crippen LogP contribution in [-0.2, 0) is 13.0 Å². The van der Waals surface area contributed by atoms with Crippen molar-refractivity contribution in [2.75, 3.05) is 6.54 Å². The minimum absolute atomic E-state index is 0.664. The zero-order valence-electron chi connectivity index (χ0n) is 12.0. The lowest BCUT2D eigenvalue weighted by atomic mass is 10.0. The van der Waals surface area contributed by atoms with Crippen molar-refractivity contribution in [2.45, 2.75) is 51.6 Å². The summed E-state index contributed by atoms with van der Waals surface area (Å²) in [4.78, 5) is 4.78. The molecule has 0 aliphatic carbocycles. The van der Waals surface area contributed by atoms with Gasteiger partial charge in [0.05, 0.1) is 11.0 Å². The van der Waals surface area contributed by atoms with Crippen LogP contribution in [0.4, 0.5) is 0 Å². The molecule has 0 spiro atoms. The van der Waals surface area contributed by atoms with Crippen molar-refractivity contribution in [3.63, 3.8) is 0 Å². The molecule has 1 saturated heterocycles. The van der Waals surface area contributed by atoms with E-state index in [0.717, 1.165) is 23.5 Å². The van der Waals surface area contributed by atoms with Crippen LogP contribution in [0.5, 0.6) is 0 Å². The lowest BCUT2D eigenvalue weighted by Gasteiger charge is -2.23. The van der Waals surface area contributed by atoms with E-state index < -0.39 is 0 Å². The Morgan fingerprint density at radius 3 is 3.05 bits per heavy atom. The smallest absolute Gasteiger partial charge is 0.109 e. The van der Waals surface area contributed by atoms with E-state index in [1.54, 1.807) is 0 Å². The van der Waals surface area contributed by atoms with Crippen molar-refractivity contribution in [2.24, 2.45) is 0 Å². The number of fused-ring (bicyclic) bond motifs is 1. The molecule has 0 saturated carbocycles. The Balaban J connectivity index is 1.79. The third kappa shape index (κ3) is 2.84. The van der Waals surface area contributed by atoms with Crippen LogP contribution in [0.25, 0.3) is 11.0 Å². The van der Waals surface area contributed by atoms with Crippen molar-refractivity contribution in [1.29, 1.82) is 0 Å². The molecule has 108 valence electrons. The number of nitrogens with zero attached hydrogens (tertiary/aromatic N) is 2. The molecule has 1 aromatic heterocycles. The molecule has 2 aromatic rings. The minimum atomic E-state index is 0.664. The summed E-state index contributed by atoms with van der Waals surface area (Å²) in [6, 6.07) is 6.66. The van der Waals surface area contributed by atoms with Gasteiger partial charge in [0.1, 0.15) is 5.82 Å². The van der Waals surface area contributed by atoms with Crippen LogP contribution in [0.1, 0.15) is 38.4 Å². The first-order valence-corrected chi connectivity index (χ1v) is 8.04. The number of benzene rings is 1. The average molecular weight is 292 g/mol. The fraction of sp³-hybridized carbons (Fsp3) is 0.562. The van der Waals surface area contributed by atoms with Crippen LogP contribution in [0, 0.1) is 0 Å². The topological polar surface area (TPSA) is 29.9 Å². The highest BCUT2D eigenvalue weighted by molar-refractivity contribution is 6.31. The largest absolute Gasteiger partial charge is 0.328 e. The maximum absolute atomic E-state index is 6.06. The number of hydrogen-bond donors (Lipinski definition) is 1. The van der Waals surface area contributed by atoms with E-state index >= 15 is 0 Å². The van der Waals surface area contributed by atoms with Crippen LogP contribution in [0.2, 0.25) is 5.02 Å². The molecule has 3 nitrogen and oxygen atoms in total. The van der Waals surface area contributed by atoms with Gasteiger partial charge in [-0.3, -0.25) is 0 Å².